The first kappa shape index (κ1) is 17.1. The molecule has 7 nitrogen and oxygen atoms in total. The van der Waals surface area contributed by atoms with Gasteiger partial charge < -0.3 is 18.4 Å². The van der Waals surface area contributed by atoms with Gasteiger partial charge >= 0.3 is 0 Å². The maximum Gasteiger partial charge on any atom is 0.231 e. The largest absolute Gasteiger partial charge is 0.497 e. The fourth-order valence-electron chi connectivity index (χ4n) is 2.85. The number of hydrogen-bond acceptors (Lipinski definition) is 7. The highest BCUT2D eigenvalue weighted by atomic mass is 16.5. The van der Waals surface area contributed by atoms with Crippen molar-refractivity contribution in [3.63, 3.8) is 0 Å². The third kappa shape index (κ3) is 3.48. The fourth-order valence-corrected chi connectivity index (χ4v) is 2.85. The van der Waals surface area contributed by atoms with Crippen LogP contribution in [0, 0.1) is 0 Å². The second-order valence-corrected chi connectivity index (χ2v) is 6.05. The Morgan fingerprint density at radius 1 is 0.926 bits per heavy atom. The van der Waals surface area contributed by atoms with Crippen LogP contribution in [0.5, 0.6) is 11.5 Å². The zero-order valence-corrected chi connectivity index (χ0v) is 15.4. The Kier molecular flexibility index (Phi) is 4.50. The molecule has 4 aromatic rings. The smallest absolute Gasteiger partial charge is 0.231 e. The highest BCUT2D eigenvalue weighted by Gasteiger charge is 2.13. The number of benzene rings is 2. The monoisotopic (exact) mass is 365 g/mol. The van der Waals surface area contributed by atoms with Gasteiger partial charge in [-0.25, -0.2) is 4.98 Å². The van der Waals surface area contributed by atoms with E-state index in [4.69, 9.17) is 18.4 Å². The van der Waals surface area contributed by atoms with Crippen LogP contribution in [0.1, 0.15) is 24.3 Å². The summed E-state index contributed by atoms with van der Waals surface area (Å²) in [5, 5.41) is 4.09. The van der Waals surface area contributed by atoms with E-state index >= 15 is 0 Å². The van der Waals surface area contributed by atoms with Crippen LogP contribution in [0.15, 0.2) is 45.3 Å². The summed E-state index contributed by atoms with van der Waals surface area (Å²) in [4.78, 5) is 8.95. The third-order valence-corrected chi connectivity index (χ3v) is 4.23. The second kappa shape index (κ2) is 7.11. The molecule has 0 saturated carbocycles. The van der Waals surface area contributed by atoms with E-state index in [1.165, 1.54) is 0 Å². The molecule has 0 aliphatic carbocycles. The summed E-state index contributed by atoms with van der Waals surface area (Å²) >= 11 is 0. The van der Waals surface area contributed by atoms with Crippen LogP contribution in [-0.4, -0.2) is 29.3 Å². The average molecular weight is 365 g/mol. The van der Waals surface area contributed by atoms with Crippen molar-refractivity contribution in [2.45, 2.75) is 19.8 Å². The van der Waals surface area contributed by atoms with Crippen molar-refractivity contribution in [2.24, 2.45) is 0 Å². The number of fused-ring (bicyclic) bond motifs is 1. The van der Waals surface area contributed by atoms with Crippen molar-refractivity contribution in [1.82, 2.24) is 15.1 Å². The molecule has 27 heavy (non-hydrogen) atoms. The lowest BCUT2D eigenvalue weighted by Gasteiger charge is -2.06. The van der Waals surface area contributed by atoms with Gasteiger partial charge in [-0.05, 0) is 35.9 Å². The van der Waals surface area contributed by atoms with E-state index in [0.29, 0.717) is 35.5 Å². The van der Waals surface area contributed by atoms with Gasteiger partial charge in [0.1, 0.15) is 17.0 Å². The number of oxazole rings is 1. The molecule has 0 fully saturated rings. The number of hydrogen-bond donors (Lipinski definition) is 0. The van der Waals surface area contributed by atoms with Crippen LogP contribution in [0.25, 0.3) is 22.5 Å². The quantitative estimate of drug-likeness (QED) is 0.510. The SMILES string of the molecule is CCc1nc2cc(-c3noc(Cc4cc(OC)cc(OC)c4)n3)ccc2o1. The molecular weight excluding hydrogens is 346 g/mol. The normalized spacial score (nSPS) is 11.1. The Bertz CT molecular complexity index is 1060. The Morgan fingerprint density at radius 2 is 1.70 bits per heavy atom. The molecule has 0 aliphatic rings. The number of rotatable bonds is 6. The molecule has 7 heteroatoms. The van der Waals surface area contributed by atoms with Crippen LogP contribution in [0.3, 0.4) is 0 Å². The minimum Gasteiger partial charge on any atom is -0.497 e. The van der Waals surface area contributed by atoms with Gasteiger partial charge in [0.2, 0.25) is 11.7 Å². The fraction of sp³-hybridized carbons (Fsp3) is 0.250. The van der Waals surface area contributed by atoms with Crippen LogP contribution in [-0.2, 0) is 12.8 Å². The molecule has 4 rings (SSSR count). The maximum atomic E-state index is 5.64. The van der Waals surface area contributed by atoms with E-state index in [1.54, 1.807) is 14.2 Å². The van der Waals surface area contributed by atoms with Crippen molar-refractivity contribution in [3.05, 3.63) is 53.7 Å². The van der Waals surface area contributed by atoms with Crippen molar-refractivity contribution < 1.29 is 18.4 Å². The van der Waals surface area contributed by atoms with Gasteiger partial charge in [0.05, 0.1) is 20.6 Å². The summed E-state index contributed by atoms with van der Waals surface area (Å²) < 4.78 is 21.7. The molecule has 0 saturated heterocycles. The van der Waals surface area contributed by atoms with Gasteiger partial charge in [0.25, 0.3) is 0 Å². The van der Waals surface area contributed by atoms with Gasteiger partial charge in [-0.1, -0.05) is 12.1 Å². The number of methoxy groups -OCH3 is 2. The molecule has 2 heterocycles. The van der Waals surface area contributed by atoms with Crippen molar-refractivity contribution in [2.75, 3.05) is 14.2 Å². The number of nitrogens with zero attached hydrogens (tertiary/aromatic N) is 3. The molecule has 0 aliphatic heterocycles. The van der Waals surface area contributed by atoms with Gasteiger partial charge in [-0.2, -0.15) is 4.98 Å². The van der Waals surface area contributed by atoms with Gasteiger partial charge in [0.15, 0.2) is 11.5 Å². The Morgan fingerprint density at radius 3 is 2.41 bits per heavy atom. The summed E-state index contributed by atoms with van der Waals surface area (Å²) in [6.45, 7) is 2.00. The van der Waals surface area contributed by atoms with E-state index in [0.717, 1.165) is 28.6 Å². The maximum absolute atomic E-state index is 5.64. The molecule has 0 unspecified atom stereocenters. The number of aromatic nitrogens is 3. The summed E-state index contributed by atoms with van der Waals surface area (Å²) in [7, 11) is 3.24. The zero-order chi connectivity index (χ0) is 18.8. The Labute approximate surface area is 155 Å². The Hall–Kier alpha value is -3.35. The summed E-state index contributed by atoms with van der Waals surface area (Å²) in [5.41, 5.74) is 3.33. The summed E-state index contributed by atoms with van der Waals surface area (Å²) in [5.74, 6) is 3.17. The predicted molar refractivity (Wildman–Crippen MR) is 99.0 cm³/mol. The lowest BCUT2D eigenvalue weighted by Crippen LogP contribution is -1.93. The van der Waals surface area contributed by atoms with Crippen molar-refractivity contribution in [3.8, 4) is 22.9 Å². The predicted octanol–water partition coefficient (Wildman–Crippen LogP) is 4.05. The molecule has 0 bridgehead atoms. The number of aryl methyl sites for hydroxylation is 1. The molecule has 0 atom stereocenters. The molecule has 0 spiro atoms. The minimum atomic E-state index is 0.479. The summed E-state index contributed by atoms with van der Waals surface area (Å²) in [6, 6.07) is 11.3. The number of ether oxygens (including phenoxy) is 2. The van der Waals surface area contributed by atoms with E-state index in [9.17, 15) is 0 Å². The first-order chi connectivity index (χ1) is 13.2. The average Bonchev–Trinajstić information content (AvgIpc) is 3.33. The molecule has 2 aromatic heterocycles. The molecule has 0 N–H and O–H groups in total. The first-order valence-electron chi connectivity index (χ1n) is 8.63. The lowest BCUT2D eigenvalue weighted by atomic mass is 10.1. The van der Waals surface area contributed by atoms with Crippen molar-refractivity contribution in [1.29, 1.82) is 0 Å². The van der Waals surface area contributed by atoms with Crippen LogP contribution < -0.4 is 9.47 Å². The molecule has 138 valence electrons. The van der Waals surface area contributed by atoms with Crippen LogP contribution in [0.4, 0.5) is 0 Å². The highest BCUT2D eigenvalue weighted by Crippen LogP contribution is 2.26. The molecule has 0 amide bonds. The summed E-state index contributed by atoms with van der Waals surface area (Å²) in [6.07, 6.45) is 1.23. The second-order valence-electron chi connectivity index (χ2n) is 6.05. The van der Waals surface area contributed by atoms with Crippen molar-refractivity contribution >= 4 is 11.1 Å². The standard InChI is InChI=1S/C20H19N3O4/c1-4-18-21-16-10-13(5-6-17(16)26-18)20-22-19(27-23-20)9-12-7-14(24-2)11-15(8-12)25-3/h5-8,10-11H,4,9H2,1-3H3. The van der Waals surface area contributed by atoms with E-state index in [-0.39, 0.29) is 0 Å². The third-order valence-electron chi connectivity index (χ3n) is 4.23. The Balaban J connectivity index is 1.60. The van der Waals surface area contributed by atoms with Crippen LogP contribution >= 0.6 is 0 Å². The van der Waals surface area contributed by atoms with Crippen LogP contribution in [0.2, 0.25) is 0 Å². The first-order valence-corrected chi connectivity index (χ1v) is 8.63. The van der Waals surface area contributed by atoms with Gasteiger partial charge in [0, 0.05) is 18.1 Å². The van der Waals surface area contributed by atoms with E-state index in [2.05, 4.69) is 15.1 Å². The van der Waals surface area contributed by atoms with E-state index in [1.807, 2.05) is 43.3 Å². The molecular formula is C20H19N3O4. The molecule has 0 radical (unpaired) electrons. The minimum absolute atomic E-state index is 0.479. The van der Waals surface area contributed by atoms with E-state index < -0.39 is 0 Å². The molecule has 2 aromatic carbocycles. The highest BCUT2D eigenvalue weighted by molar-refractivity contribution is 5.78. The van der Waals surface area contributed by atoms with Gasteiger partial charge in [-0.15, -0.1) is 0 Å². The van der Waals surface area contributed by atoms with Gasteiger partial charge in [-0.3, -0.25) is 0 Å². The zero-order valence-electron chi connectivity index (χ0n) is 15.4. The topological polar surface area (TPSA) is 83.4 Å². The lowest BCUT2D eigenvalue weighted by molar-refractivity contribution is 0.382.